The smallest absolute Gasteiger partial charge is 0.203 e. The van der Waals surface area contributed by atoms with Crippen LogP contribution in [0.15, 0.2) is 18.6 Å². The number of rotatable bonds is 3. The zero-order valence-corrected chi connectivity index (χ0v) is 8.74. The summed E-state index contributed by atoms with van der Waals surface area (Å²) in [6.45, 7) is 0. The number of nitrogens with zero attached hydrogens (tertiary/aromatic N) is 4. The summed E-state index contributed by atoms with van der Waals surface area (Å²) >= 11 is 1.38. The molecule has 2 aromatic heterocycles. The molecule has 1 saturated carbocycles. The van der Waals surface area contributed by atoms with E-state index in [1.54, 1.807) is 6.20 Å². The summed E-state index contributed by atoms with van der Waals surface area (Å²) in [6, 6.07) is 2.42. The van der Waals surface area contributed by atoms with Crippen LogP contribution in [0.5, 0.6) is 0 Å². The van der Waals surface area contributed by atoms with Gasteiger partial charge >= 0.3 is 0 Å². The molecule has 0 bridgehead atoms. The number of hydrogen-bond acceptors (Lipinski definition) is 6. The zero-order chi connectivity index (χ0) is 10.1. The van der Waals surface area contributed by atoms with Crippen molar-refractivity contribution >= 4 is 16.7 Å². The van der Waals surface area contributed by atoms with Gasteiger partial charge in [-0.15, -0.1) is 0 Å². The molecule has 0 saturated heterocycles. The topological polar surface area (TPSA) is 63.6 Å². The van der Waals surface area contributed by atoms with Gasteiger partial charge in [0.1, 0.15) is 12.0 Å². The molecular weight excluding hydrogens is 210 g/mol. The van der Waals surface area contributed by atoms with Crippen molar-refractivity contribution in [3.63, 3.8) is 0 Å². The third-order valence-electron chi connectivity index (χ3n) is 2.14. The molecule has 2 aromatic rings. The fourth-order valence-corrected chi connectivity index (χ4v) is 1.87. The Kier molecular flexibility index (Phi) is 2.06. The fraction of sp³-hybridized carbons (Fsp3) is 0.333. The van der Waals surface area contributed by atoms with Gasteiger partial charge in [-0.2, -0.15) is 9.36 Å². The fourth-order valence-electron chi connectivity index (χ4n) is 1.21. The first-order valence-corrected chi connectivity index (χ1v) is 5.56. The van der Waals surface area contributed by atoms with Crippen LogP contribution in [0.25, 0.3) is 11.5 Å². The zero-order valence-electron chi connectivity index (χ0n) is 7.92. The van der Waals surface area contributed by atoms with E-state index in [0.29, 0.717) is 11.9 Å². The van der Waals surface area contributed by atoms with Crippen LogP contribution in [-0.2, 0) is 0 Å². The van der Waals surface area contributed by atoms with Gasteiger partial charge in [0.2, 0.25) is 5.13 Å². The summed E-state index contributed by atoms with van der Waals surface area (Å²) in [4.78, 5) is 12.3. The second-order valence-corrected chi connectivity index (χ2v) is 4.19. The summed E-state index contributed by atoms with van der Waals surface area (Å²) in [5.74, 6) is 0.672. The average Bonchev–Trinajstić information content (AvgIpc) is 2.96. The summed E-state index contributed by atoms with van der Waals surface area (Å²) in [5, 5.41) is 4.19. The average molecular weight is 219 g/mol. The van der Waals surface area contributed by atoms with Crippen molar-refractivity contribution in [2.75, 3.05) is 5.32 Å². The first kappa shape index (κ1) is 8.72. The van der Waals surface area contributed by atoms with Crippen LogP contribution in [0.3, 0.4) is 0 Å². The second kappa shape index (κ2) is 3.54. The van der Waals surface area contributed by atoms with Crippen molar-refractivity contribution in [1.82, 2.24) is 19.3 Å². The van der Waals surface area contributed by atoms with Crippen molar-refractivity contribution in [3.05, 3.63) is 18.6 Å². The third-order valence-corrected chi connectivity index (χ3v) is 2.79. The van der Waals surface area contributed by atoms with Crippen LogP contribution < -0.4 is 5.32 Å². The van der Waals surface area contributed by atoms with Crippen molar-refractivity contribution in [2.45, 2.75) is 18.9 Å². The predicted molar refractivity (Wildman–Crippen MR) is 57.6 cm³/mol. The molecule has 0 atom stereocenters. The highest BCUT2D eigenvalue weighted by Crippen LogP contribution is 2.26. The van der Waals surface area contributed by atoms with Crippen LogP contribution >= 0.6 is 11.5 Å². The van der Waals surface area contributed by atoms with Gasteiger partial charge in [0.15, 0.2) is 5.82 Å². The maximum atomic E-state index is 4.37. The molecule has 3 rings (SSSR count). The van der Waals surface area contributed by atoms with E-state index in [9.17, 15) is 0 Å². The Labute approximate surface area is 90.8 Å². The molecule has 0 unspecified atom stereocenters. The van der Waals surface area contributed by atoms with Crippen molar-refractivity contribution < 1.29 is 0 Å². The second-order valence-electron chi connectivity index (χ2n) is 3.44. The van der Waals surface area contributed by atoms with Crippen molar-refractivity contribution in [2.24, 2.45) is 0 Å². The lowest BCUT2D eigenvalue weighted by Crippen LogP contribution is -1.99. The number of anilines is 1. The van der Waals surface area contributed by atoms with Gasteiger partial charge in [0.05, 0.1) is 0 Å². The summed E-state index contributed by atoms with van der Waals surface area (Å²) < 4.78 is 4.25. The molecule has 1 fully saturated rings. The van der Waals surface area contributed by atoms with E-state index >= 15 is 0 Å². The van der Waals surface area contributed by atoms with Crippen LogP contribution in [0, 0.1) is 0 Å². The first-order valence-electron chi connectivity index (χ1n) is 4.78. The molecule has 0 radical (unpaired) electrons. The molecule has 0 aromatic carbocycles. The molecule has 1 N–H and O–H groups in total. The molecule has 1 aliphatic rings. The number of nitrogens with one attached hydrogen (secondary N) is 1. The Bertz CT molecular complexity index is 451. The van der Waals surface area contributed by atoms with E-state index in [2.05, 4.69) is 24.6 Å². The number of aromatic nitrogens is 4. The van der Waals surface area contributed by atoms with Gasteiger partial charge < -0.3 is 5.32 Å². The van der Waals surface area contributed by atoms with Crippen molar-refractivity contribution in [1.29, 1.82) is 0 Å². The molecule has 0 amide bonds. The third kappa shape index (κ3) is 1.94. The van der Waals surface area contributed by atoms with Gasteiger partial charge in [-0.05, 0) is 18.9 Å². The van der Waals surface area contributed by atoms with Crippen LogP contribution in [-0.4, -0.2) is 25.4 Å². The van der Waals surface area contributed by atoms with Crippen LogP contribution in [0.2, 0.25) is 0 Å². The number of hydrogen-bond donors (Lipinski definition) is 1. The van der Waals surface area contributed by atoms with E-state index in [1.165, 1.54) is 30.7 Å². The van der Waals surface area contributed by atoms with Crippen LogP contribution in [0.1, 0.15) is 12.8 Å². The van der Waals surface area contributed by atoms with Crippen LogP contribution in [0.4, 0.5) is 5.13 Å². The predicted octanol–water partition coefficient (Wildman–Crippen LogP) is 1.57. The van der Waals surface area contributed by atoms with E-state index < -0.39 is 0 Å². The Balaban J connectivity index is 1.83. The lowest BCUT2D eigenvalue weighted by molar-refractivity contribution is 1.12. The van der Waals surface area contributed by atoms with Crippen molar-refractivity contribution in [3.8, 4) is 11.5 Å². The Hall–Kier alpha value is -1.56. The minimum Gasteiger partial charge on any atom is -0.358 e. The normalized spacial score (nSPS) is 15.2. The molecule has 1 aliphatic carbocycles. The molecule has 0 aliphatic heterocycles. The van der Waals surface area contributed by atoms with E-state index in [0.717, 1.165) is 10.8 Å². The summed E-state index contributed by atoms with van der Waals surface area (Å²) in [6.07, 6.45) is 5.67. The lowest BCUT2D eigenvalue weighted by Gasteiger charge is -1.94. The molecular formula is C9H9N5S. The molecule has 15 heavy (non-hydrogen) atoms. The van der Waals surface area contributed by atoms with E-state index in [4.69, 9.17) is 0 Å². The van der Waals surface area contributed by atoms with E-state index in [-0.39, 0.29) is 0 Å². The van der Waals surface area contributed by atoms with Gasteiger partial charge in [-0.25, -0.2) is 9.97 Å². The molecule has 2 heterocycles. The van der Waals surface area contributed by atoms with Gasteiger partial charge in [-0.1, -0.05) is 0 Å². The van der Waals surface area contributed by atoms with E-state index in [1.807, 2.05) is 6.07 Å². The van der Waals surface area contributed by atoms with Gasteiger partial charge in [0.25, 0.3) is 0 Å². The lowest BCUT2D eigenvalue weighted by atomic mass is 10.4. The monoisotopic (exact) mass is 219 g/mol. The highest BCUT2D eigenvalue weighted by molar-refractivity contribution is 7.09. The maximum Gasteiger partial charge on any atom is 0.203 e. The largest absolute Gasteiger partial charge is 0.358 e. The van der Waals surface area contributed by atoms with Gasteiger partial charge in [-0.3, -0.25) is 0 Å². The molecule has 0 spiro atoms. The molecule has 76 valence electrons. The standard InChI is InChI=1S/C9H9N5S/c1-2-6(1)12-9-13-8(14-15-9)7-3-4-10-5-11-7/h3-6H,1-2H2,(H,12,13,14). The Morgan fingerprint density at radius 1 is 1.40 bits per heavy atom. The molecule has 6 heteroatoms. The first-order chi connectivity index (χ1) is 7.42. The minimum absolute atomic E-state index is 0.608. The SMILES string of the molecule is c1cc(-c2nsc(NC3CC3)n2)ncn1. The Morgan fingerprint density at radius 2 is 2.33 bits per heavy atom. The summed E-state index contributed by atoms with van der Waals surface area (Å²) in [5.41, 5.74) is 0.769. The van der Waals surface area contributed by atoms with Gasteiger partial charge in [0, 0.05) is 23.8 Å². The minimum atomic E-state index is 0.608. The highest BCUT2D eigenvalue weighted by Gasteiger charge is 2.22. The summed E-state index contributed by atoms with van der Waals surface area (Å²) in [7, 11) is 0. The maximum absolute atomic E-state index is 4.37. The highest BCUT2D eigenvalue weighted by atomic mass is 32.1. The quantitative estimate of drug-likeness (QED) is 0.848. The Morgan fingerprint density at radius 3 is 3.07 bits per heavy atom. The molecule has 5 nitrogen and oxygen atoms in total.